The Bertz CT molecular complexity index is 358. The number of carbonyl (C=O) groups excluding carboxylic acids is 1. The SMILES string of the molecule is Cc1cc(Br)ccc1C#CC=O. The molecule has 12 heavy (non-hydrogen) atoms. The number of hydrogen-bond acceptors (Lipinski definition) is 1. The summed E-state index contributed by atoms with van der Waals surface area (Å²) < 4.78 is 1.02. The minimum atomic E-state index is 0.599. The van der Waals surface area contributed by atoms with E-state index in [4.69, 9.17) is 0 Å². The van der Waals surface area contributed by atoms with Crippen molar-refractivity contribution in [2.75, 3.05) is 0 Å². The Labute approximate surface area is 79.9 Å². The molecule has 1 nitrogen and oxygen atoms in total. The first-order chi connectivity index (χ1) is 5.74. The van der Waals surface area contributed by atoms with E-state index in [2.05, 4.69) is 27.8 Å². The van der Waals surface area contributed by atoms with Crippen LogP contribution in [0.15, 0.2) is 22.7 Å². The van der Waals surface area contributed by atoms with Gasteiger partial charge in [0.1, 0.15) is 0 Å². The van der Waals surface area contributed by atoms with E-state index in [1.165, 1.54) is 0 Å². The van der Waals surface area contributed by atoms with Crippen LogP contribution in [0, 0.1) is 18.8 Å². The van der Waals surface area contributed by atoms with Gasteiger partial charge in [-0.3, -0.25) is 4.79 Å². The summed E-state index contributed by atoms with van der Waals surface area (Å²) in [6.07, 6.45) is 0.599. The summed E-state index contributed by atoms with van der Waals surface area (Å²) >= 11 is 3.35. The van der Waals surface area contributed by atoms with Crippen molar-refractivity contribution in [3.63, 3.8) is 0 Å². The van der Waals surface area contributed by atoms with Gasteiger partial charge in [0.25, 0.3) is 0 Å². The van der Waals surface area contributed by atoms with Crippen molar-refractivity contribution in [2.45, 2.75) is 6.92 Å². The van der Waals surface area contributed by atoms with Gasteiger partial charge in [0, 0.05) is 10.0 Å². The molecule has 60 valence electrons. The Morgan fingerprint density at radius 1 is 1.50 bits per heavy atom. The number of carbonyl (C=O) groups is 1. The quantitative estimate of drug-likeness (QED) is 0.487. The molecular weight excluding hydrogens is 216 g/mol. The lowest BCUT2D eigenvalue weighted by Gasteiger charge is -1.96. The molecule has 0 bridgehead atoms. The second-order valence-electron chi connectivity index (χ2n) is 2.35. The molecule has 0 unspecified atom stereocenters. The molecule has 0 spiro atoms. The van der Waals surface area contributed by atoms with Crippen molar-refractivity contribution < 1.29 is 4.79 Å². The van der Waals surface area contributed by atoms with Crippen LogP contribution < -0.4 is 0 Å². The molecule has 0 heterocycles. The van der Waals surface area contributed by atoms with Gasteiger partial charge in [-0.05, 0) is 36.6 Å². The molecule has 0 aliphatic heterocycles. The summed E-state index contributed by atoms with van der Waals surface area (Å²) in [5.41, 5.74) is 1.96. The predicted molar refractivity (Wildman–Crippen MR) is 51.8 cm³/mol. The number of aryl methyl sites for hydroxylation is 1. The Morgan fingerprint density at radius 2 is 2.25 bits per heavy atom. The molecule has 0 aliphatic rings. The normalized spacial score (nSPS) is 8.50. The van der Waals surface area contributed by atoms with Crippen molar-refractivity contribution >= 4 is 22.2 Å². The van der Waals surface area contributed by atoms with Gasteiger partial charge in [-0.1, -0.05) is 21.9 Å². The molecule has 1 aromatic rings. The zero-order valence-corrected chi connectivity index (χ0v) is 8.18. The summed E-state index contributed by atoms with van der Waals surface area (Å²) in [5.74, 6) is 5.13. The smallest absolute Gasteiger partial charge is 0.193 e. The van der Waals surface area contributed by atoms with Crippen LogP contribution in [0.4, 0.5) is 0 Å². The summed E-state index contributed by atoms with van der Waals surface area (Å²) in [6.45, 7) is 1.96. The van der Waals surface area contributed by atoms with Crippen LogP contribution in [0.25, 0.3) is 0 Å². The van der Waals surface area contributed by atoms with E-state index in [-0.39, 0.29) is 0 Å². The van der Waals surface area contributed by atoms with Gasteiger partial charge in [0.2, 0.25) is 0 Å². The fourth-order valence-corrected chi connectivity index (χ4v) is 1.35. The van der Waals surface area contributed by atoms with E-state index >= 15 is 0 Å². The molecule has 0 atom stereocenters. The Hall–Kier alpha value is -1.07. The Kier molecular flexibility index (Phi) is 3.07. The standard InChI is InChI=1S/C10H7BrO/c1-8-7-10(11)5-4-9(8)3-2-6-12/h4-7H,1H3. The van der Waals surface area contributed by atoms with E-state index in [9.17, 15) is 4.79 Å². The molecule has 0 saturated heterocycles. The molecule has 0 amide bonds. The largest absolute Gasteiger partial charge is 0.289 e. The molecule has 0 radical (unpaired) electrons. The van der Waals surface area contributed by atoms with E-state index in [0.29, 0.717) is 6.29 Å². The molecule has 0 aromatic heterocycles. The van der Waals surface area contributed by atoms with Crippen molar-refractivity contribution in [3.05, 3.63) is 33.8 Å². The second kappa shape index (κ2) is 4.08. The third kappa shape index (κ3) is 2.21. The number of aldehydes is 1. The average Bonchev–Trinajstić information content (AvgIpc) is 2.03. The van der Waals surface area contributed by atoms with Gasteiger partial charge in [-0.2, -0.15) is 0 Å². The third-order valence-electron chi connectivity index (χ3n) is 1.45. The van der Waals surface area contributed by atoms with Crippen LogP contribution >= 0.6 is 15.9 Å². The molecular formula is C10H7BrO. The zero-order valence-electron chi connectivity index (χ0n) is 6.60. The fraction of sp³-hybridized carbons (Fsp3) is 0.100. The van der Waals surface area contributed by atoms with Crippen LogP contribution in [-0.2, 0) is 4.79 Å². The summed E-state index contributed by atoms with van der Waals surface area (Å²) in [6, 6.07) is 5.76. The molecule has 0 N–H and O–H groups in total. The minimum Gasteiger partial charge on any atom is -0.289 e. The Balaban J connectivity index is 3.09. The van der Waals surface area contributed by atoms with Gasteiger partial charge in [0.15, 0.2) is 6.29 Å². The number of halogens is 1. The minimum absolute atomic E-state index is 0.599. The van der Waals surface area contributed by atoms with Crippen LogP contribution in [0.3, 0.4) is 0 Å². The first-order valence-corrected chi connectivity index (χ1v) is 4.24. The molecule has 0 saturated carbocycles. The first kappa shape index (κ1) is 9.02. The van der Waals surface area contributed by atoms with Crippen LogP contribution in [0.2, 0.25) is 0 Å². The van der Waals surface area contributed by atoms with Crippen molar-refractivity contribution in [1.29, 1.82) is 0 Å². The van der Waals surface area contributed by atoms with Gasteiger partial charge in [0.05, 0.1) is 0 Å². The molecule has 2 heteroatoms. The maximum absolute atomic E-state index is 9.97. The van der Waals surface area contributed by atoms with Crippen LogP contribution in [0.5, 0.6) is 0 Å². The summed E-state index contributed by atoms with van der Waals surface area (Å²) in [4.78, 5) is 9.97. The highest BCUT2D eigenvalue weighted by Gasteiger charge is 1.93. The maximum atomic E-state index is 9.97. The van der Waals surface area contributed by atoms with Gasteiger partial charge in [-0.25, -0.2) is 0 Å². The summed E-state index contributed by atoms with van der Waals surface area (Å²) in [5, 5.41) is 0. The average molecular weight is 223 g/mol. The highest BCUT2D eigenvalue weighted by Crippen LogP contribution is 2.14. The molecule has 1 aromatic carbocycles. The van der Waals surface area contributed by atoms with E-state index in [1.807, 2.05) is 25.1 Å². The first-order valence-electron chi connectivity index (χ1n) is 3.45. The van der Waals surface area contributed by atoms with E-state index in [1.54, 1.807) is 0 Å². The van der Waals surface area contributed by atoms with E-state index < -0.39 is 0 Å². The maximum Gasteiger partial charge on any atom is 0.193 e. The monoisotopic (exact) mass is 222 g/mol. The number of hydrogen-bond donors (Lipinski definition) is 0. The van der Waals surface area contributed by atoms with Gasteiger partial charge < -0.3 is 0 Å². The van der Waals surface area contributed by atoms with Gasteiger partial charge >= 0.3 is 0 Å². The summed E-state index contributed by atoms with van der Waals surface area (Å²) in [7, 11) is 0. The van der Waals surface area contributed by atoms with Crippen molar-refractivity contribution in [3.8, 4) is 11.8 Å². The number of rotatable bonds is 0. The lowest BCUT2D eigenvalue weighted by atomic mass is 10.1. The van der Waals surface area contributed by atoms with Crippen LogP contribution in [0.1, 0.15) is 11.1 Å². The number of benzene rings is 1. The fourth-order valence-electron chi connectivity index (χ4n) is 0.875. The molecule has 0 fully saturated rings. The molecule has 0 aliphatic carbocycles. The zero-order chi connectivity index (χ0) is 8.97. The van der Waals surface area contributed by atoms with E-state index in [0.717, 1.165) is 15.6 Å². The highest BCUT2D eigenvalue weighted by atomic mass is 79.9. The third-order valence-corrected chi connectivity index (χ3v) is 1.95. The lowest BCUT2D eigenvalue weighted by molar-refractivity contribution is -0.103. The predicted octanol–water partition coefficient (Wildman–Crippen LogP) is 2.31. The lowest BCUT2D eigenvalue weighted by Crippen LogP contribution is -1.81. The second-order valence-corrected chi connectivity index (χ2v) is 3.26. The highest BCUT2D eigenvalue weighted by molar-refractivity contribution is 9.10. The van der Waals surface area contributed by atoms with Crippen LogP contribution in [-0.4, -0.2) is 6.29 Å². The van der Waals surface area contributed by atoms with Crippen molar-refractivity contribution in [1.82, 2.24) is 0 Å². The Morgan fingerprint density at radius 3 is 2.83 bits per heavy atom. The van der Waals surface area contributed by atoms with Gasteiger partial charge in [-0.15, -0.1) is 0 Å². The molecule has 1 rings (SSSR count). The van der Waals surface area contributed by atoms with Crippen molar-refractivity contribution in [2.24, 2.45) is 0 Å². The topological polar surface area (TPSA) is 17.1 Å².